The third kappa shape index (κ3) is 1.29. The topological polar surface area (TPSA) is 69.9 Å². The molecule has 0 amide bonds. The lowest BCUT2D eigenvalue weighted by molar-refractivity contribution is -0.155. The number of aliphatic hydroxyl groups excluding tert-OH is 3. The second kappa shape index (κ2) is 2.84. The average molecular weight is 147 g/mol. The van der Waals surface area contributed by atoms with Gasteiger partial charge in [0.1, 0.15) is 24.9 Å². The first-order chi connectivity index (χ1) is 4.63. The summed E-state index contributed by atoms with van der Waals surface area (Å²) in [5, 5.41) is 26.9. The smallest absolute Gasteiger partial charge is 0.115 e. The maximum absolute atomic E-state index is 9.06. The van der Waals surface area contributed by atoms with Crippen molar-refractivity contribution in [1.82, 2.24) is 0 Å². The molecule has 1 radical (unpaired) electrons. The second-order valence-corrected chi connectivity index (χ2v) is 2.45. The quantitative estimate of drug-likeness (QED) is 0.396. The van der Waals surface area contributed by atoms with E-state index in [0.717, 1.165) is 6.61 Å². The molecule has 1 heterocycles. The molecule has 4 unspecified atom stereocenters. The SMILES string of the molecule is CC1O[CH]C(O)C(O)C1O. The Morgan fingerprint density at radius 2 is 1.80 bits per heavy atom. The van der Waals surface area contributed by atoms with Gasteiger partial charge in [-0.1, -0.05) is 0 Å². The molecule has 4 heteroatoms. The van der Waals surface area contributed by atoms with E-state index in [4.69, 9.17) is 20.1 Å². The number of ether oxygens (including phenoxy) is 1. The fourth-order valence-corrected chi connectivity index (χ4v) is 0.845. The highest BCUT2D eigenvalue weighted by Crippen LogP contribution is 2.17. The van der Waals surface area contributed by atoms with Gasteiger partial charge in [0.05, 0.1) is 6.10 Å². The lowest BCUT2D eigenvalue weighted by Gasteiger charge is -2.32. The standard InChI is InChI=1S/C6H11O4/c1-3-5(8)6(9)4(7)2-10-3/h2-9H,1H3. The Hall–Kier alpha value is -0.160. The Morgan fingerprint density at radius 3 is 2.30 bits per heavy atom. The summed E-state index contributed by atoms with van der Waals surface area (Å²) in [7, 11) is 0. The molecule has 0 bridgehead atoms. The molecule has 1 fully saturated rings. The van der Waals surface area contributed by atoms with E-state index in [1.54, 1.807) is 6.92 Å². The molecule has 0 aromatic rings. The highest BCUT2D eigenvalue weighted by molar-refractivity contribution is 4.89. The fourth-order valence-electron chi connectivity index (χ4n) is 0.845. The molecule has 4 atom stereocenters. The zero-order chi connectivity index (χ0) is 7.72. The van der Waals surface area contributed by atoms with E-state index in [0.29, 0.717) is 0 Å². The molecule has 0 aromatic heterocycles. The summed E-state index contributed by atoms with van der Waals surface area (Å²) in [6, 6.07) is 0. The van der Waals surface area contributed by atoms with Crippen molar-refractivity contribution in [1.29, 1.82) is 0 Å². The van der Waals surface area contributed by atoms with Crippen molar-refractivity contribution in [2.75, 3.05) is 0 Å². The summed E-state index contributed by atoms with van der Waals surface area (Å²) in [4.78, 5) is 0. The van der Waals surface area contributed by atoms with Crippen LogP contribution in [0.2, 0.25) is 0 Å². The van der Waals surface area contributed by atoms with Crippen LogP contribution in [0.3, 0.4) is 0 Å². The predicted octanol–water partition coefficient (Wildman–Crippen LogP) is -1.35. The first kappa shape index (κ1) is 7.94. The molecular formula is C6H11O4. The molecule has 1 rings (SSSR count). The summed E-state index contributed by atoms with van der Waals surface area (Å²) in [6.07, 6.45) is -3.65. The van der Waals surface area contributed by atoms with Gasteiger partial charge in [-0.15, -0.1) is 0 Å². The Labute approximate surface area is 59.1 Å². The van der Waals surface area contributed by atoms with Gasteiger partial charge in [-0.25, -0.2) is 0 Å². The highest BCUT2D eigenvalue weighted by atomic mass is 16.5. The van der Waals surface area contributed by atoms with Crippen LogP contribution in [0, 0.1) is 6.61 Å². The molecule has 1 aliphatic heterocycles. The van der Waals surface area contributed by atoms with Gasteiger partial charge in [0.2, 0.25) is 0 Å². The van der Waals surface area contributed by atoms with Crippen molar-refractivity contribution in [3.63, 3.8) is 0 Å². The zero-order valence-corrected chi connectivity index (χ0v) is 5.64. The summed E-state index contributed by atoms with van der Waals surface area (Å²) in [5.41, 5.74) is 0. The van der Waals surface area contributed by atoms with Crippen molar-refractivity contribution < 1.29 is 20.1 Å². The van der Waals surface area contributed by atoms with Crippen LogP contribution in [0.25, 0.3) is 0 Å². The normalized spacial score (nSPS) is 49.2. The van der Waals surface area contributed by atoms with E-state index in [-0.39, 0.29) is 0 Å². The molecule has 0 spiro atoms. The summed E-state index contributed by atoms with van der Waals surface area (Å²) in [6.45, 7) is 2.75. The van der Waals surface area contributed by atoms with E-state index in [9.17, 15) is 0 Å². The third-order valence-corrected chi connectivity index (χ3v) is 1.61. The van der Waals surface area contributed by atoms with Gasteiger partial charge in [-0.05, 0) is 6.92 Å². The van der Waals surface area contributed by atoms with Crippen LogP contribution in [0.4, 0.5) is 0 Å². The number of aliphatic hydroxyl groups is 3. The van der Waals surface area contributed by atoms with Gasteiger partial charge < -0.3 is 20.1 Å². The number of hydrogen-bond donors (Lipinski definition) is 3. The Kier molecular flexibility index (Phi) is 2.25. The van der Waals surface area contributed by atoms with Crippen LogP contribution >= 0.6 is 0 Å². The molecule has 0 aliphatic carbocycles. The maximum atomic E-state index is 9.06. The molecular weight excluding hydrogens is 136 g/mol. The second-order valence-electron chi connectivity index (χ2n) is 2.45. The summed E-state index contributed by atoms with van der Waals surface area (Å²) in [5.74, 6) is 0. The monoisotopic (exact) mass is 147 g/mol. The molecule has 0 saturated carbocycles. The number of rotatable bonds is 0. The average Bonchev–Trinajstić information content (AvgIpc) is 1.93. The van der Waals surface area contributed by atoms with Crippen LogP contribution in [0.15, 0.2) is 0 Å². The fraction of sp³-hybridized carbons (Fsp3) is 0.833. The Bertz CT molecular complexity index is 102. The number of hydrogen-bond acceptors (Lipinski definition) is 4. The molecule has 3 N–H and O–H groups in total. The highest BCUT2D eigenvalue weighted by Gasteiger charge is 2.35. The predicted molar refractivity (Wildman–Crippen MR) is 32.9 cm³/mol. The van der Waals surface area contributed by atoms with Crippen molar-refractivity contribution >= 4 is 0 Å². The van der Waals surface area contributed by atoms with E-state index in [1.165, 1.54) is 0 Å². The summed E-state index contributed by atoms with van der Waals surface area (Å²) >= 11 is 0. The maximum Gasteiger partial charge on any atom is 0.115 e. The molecule has 59 valence electrons. The Balaban J connectivity index is 2.52. The Morgan fingerprint density at radius 1 is 1.20 bits per heavy atom. The molecule has 0 aromatic carbocycles. The first-order valence-electron chi connectivity index (χ1n) is 3.16. The van der Waals surface area contributed by atoms with E-state index >= 15 is 0 Å². The first-order valence-corrected chi connectivity index (χ1v) is 3.16. The minimum Gasteiger partial charge on any atom is -0.388 e. The minimum atomic E-state index is -1.12. The molecule has 1 aliphatic rings. The van der Waals surface area contributed by atoms with Crippen LogP contribution in [0.1, 0.15) is 6.92 Å². The minimum absolute atomic E-state index is 0.446. The molecule has 1 saturated heterocycles. The van der Waals surface area contributed by atoms with E-state index in [2.05, 4.69) is 0 Å². The van der Waals surface area contributed by atoms with Gasteiger partial charge in [-0.3, -0.25) is 0 Å². The van der Waals surface area contributed by atoms with E-state index in [1.807, 2.05) is 0 Å². The van der Waals surface area contributed by atoms with Crippen molar-refractivity contribution in [3.05, 3.63) is 6.61 Å². The van der Waals surface area contributed by atoms with Crippen LogP contribution < -0.4 is 0 Å². The van der Waals surface area contributed by atoms with Gasteiger partial charge in [0.25, 0.3) is 0 Å². The van der Waals surface area contributed by atoms with Crippen LogP contribution in [-0.4, -0.2) is 39.7 Å². The van der Waals surface area contributed by atoms with Gasteiger partial charge >= 0.3 is 0 Å². The third-order valence-electron chi connectivity index (χ3n) is 1.61. The van der Waals surface area contributed by atoms with Gasteiger partial charge in [-0.2, -0.15) is 0 Å². The van der Waals surface area contributed by atoms with Crippen molar-refractivity contribution in [2.24, 2.45) is 0 Å². The van der Waals surface area contributed by atoms with Crippen molar-refractivity contribution in [2.45, 2.75) is 31.3 Å². The van der Waals surface area contributed by atoms with Crippen LogP contribution in [0.5, 0.6) is 0 Å². The molecule has 10 heavy (non-hydrogen) atoms. The largest absolute Gasteiger partial charge is 0.388 e. The lowest BCUT2D eigenvalue weighted by Crippen LogP contribution is -2.49. The summed E-state index contributed by atoms with van der Waals surface area (Å²) < 4.78 is 4.79. The van der Waals surface area contributed by atoms with E-state index < -0.39 is 24.4 Å². The lowest BCUT2D eigenvalue weighted by atomic mass is 10.0. The van der Waals surface area contributed by atoms with Crippen molar-refractivity contribution in [3.8, 4) is 0 Å². The molecule has 4 nitrogen and oxygen atoms in total. The van der Waals surface area contributed by atoms with Crippen LogP contribution in [-0.2, 0) is 4.74 Å². The zero-order valence-electron chi connectivity index (χ0n) is 5.64. The van der Waals surface area contributed by atoms with Gasteiger partial charge in [0.15, 0.2) is 0 Å². The van der Waals surface area contributed by atoms with Gasteiger partial charge in [0, 0.05) is 0 Å².